The van der Waals surface area contributed by atoms with Gasteiger partial charge in [0.15, 0.2) is 0 Å². The molecule has 3 rings (SSSR count). The second kappa shape index (κ2) is 10.8. The highest BCUT2D eigenvalue weighted by Crippen LogP contribution is 2.29. The molecule has 168 valence electrons. The summed E-state index contributed by atoms with van der Waals surface area (Å²) in [6.07, 6.45) is 1.71. The zero-order chi connectivity index (χ0) is 23.1. The van der Waals surface area contributed by atoms with Crippen LogP contribution in [0.5, 0.6) is 0 Å². The van der Waals surface area contributed by atoms with Gasteiger partial charge in [0, 0.05) is 23.5 Å². The molecule has 2 aromatic carbocycles. The van der Waals surface area contributed by atoms with E-state index in [1.807, 2.05) is 25.1 Å². The molecule has 0 unspecified atom stereocenters. The Morgan fingerprint density at radius 1 is 1.09 bits per heavy atom. The number of thioether (sulfide) groups is 1. The maximum Gasteiger partial charge on any atom is 0.264 e. The Bertz CT molecular complexity index is 1170. The highest BCUT2D eigenvalue weighted by atomic mass is 35.5. The molecule has 0 aliphatic carbocycles. The number of aryl methyl sites for hydroxylation is 2. The van der Waals surface area contributed by atoms with E-state index in [1.165, 1.54) is 11.8 Å². The van der Waals surface area contributed by atoms with Crippen LogP contribution in [0.1, 0.15) is 11.1 Å². The van der Waals surface area contributed by atoms with E-state index in [-0.39, 0.29) is 11.4 Å². The van der Waals surface area contributed by atoms with Gasteiger partial charge in [-0.25, -0.2) is 13.4 Å². The molecule has 3 aromatic rings. The first kappa shape index (κ1) is 24.1. The number of nitrogens with one attached hydrogen (secondary N) is 1. The lowest BCUT2D eigenvalue weighted by Gasteiger charge is -2.25. The van der Waals surface area contributed by atoms with Crippen molar-refractivity contribution in [2.75, 3.05) is 23.1 Å². The molecule has 1 heterocycles. The third-order valence-electron chi connectivity index (χ3n) is 4.64. The summed E-state index contributed by atoms with van der Waals surface area (Å²) in [6, 6.07) is 17.1. The lowest BCUT2D eigenvalue weighted by molar-refractivity contribution is -0.119. The smallest absolute Gasteiger partial charge is 0.264 e. The van der Waals surface area contributed by atoms with E-state index in [0.717, 1.165) is 14.9 Å². The molecule has 0 radical (unpaired) electrons. The normalized spacial score (nSPS) is 11.2. The van der Waals surface area contributed by atoms with Gasteiger partial charge in [0.25, 0.3) is 10.0 Å². The van der Waals surface area contributed by atoms with E-state index in [4.69, 9.17) is 11.6 Å². The average molecular weight is 490 g/mol. The maximum atomic E-state index is 13.4. The van der Waals surface area contributed by atoms with Crippen molar-refractivity contribution < 1.29 is 13.2 Å². The van der Waals surface area contributed by atoms with Crippen LogP contribution in [0.4, 0.5) is 5.69 Å². The van der Waals surface area contributed by atoms with Gasteiger partial charge in [-0.2, -0.15) is 0 Å². The van der Waals surface area contributed by atoms with E-state index < -0.39 is 15.9 Å². The Labute approximate surface area is 198 Å². The van der Waals surface area contributed by atoms with Gasteiger partial charge in [-0.05, 0) is 61.9 Å². The lowest BCUT2D eigenvalue weighted by Crippen LogP contribution is -2.41. The zero-order valence-corrected chi connectivity index (χ0v) is 20.2. The number of hydrogen-bond acceptors (Lipinski definition) is 5. The molecule has 1 amide bonds. The van der Waals surface area contributed by atoms with Crippen LogP contribution in [-0.4, -0.2) is 38.2 Å². The predicted octanol–water partition coefficient (Wildman–Crippen LogP) is 4.46. The monoisotopic (exact) mass is 489 g/mol. The Hall–Kier alpha value is -2.55. The lowest BCUT2D eigenvalue weighted by atomic mass is 10.2. The van der Waals surface area contributed by atoms with E-state index in [1.54, 1.807) is 55.6 Å². The van der Waals surface area contributed by atoms with Crippen LogP contribution in [0, 0.1) is 13.8 Å². The number of hydrogen-bond donors (Lipinski definition) is 1. The van der Waals surface area contributed by atoms with Crippen LogP contribution in [0.2, 0.25) is 5.02 Å². The first-order valence-electron chi connectivity index (χ1n) is 9.93. The van der Waals surface area contributed by atoms with Crippen molar-refractivity contribution >= 4 is 45.0 Å². The predicted molar refractivity (Wildman–Crippen MR) is 130 cm³/mol. The number of rotatable bonds is 9. The average Bonchev–Trinajstić information content (AvgIpc) is 2.76. The molecule has 1 N–H and O–H groups in total. The number of carbonyl (C=O) groups excluding carboxylic acids is 1. The van der Waals surface area contributed by atoms with Crippen molar-refractivity contribution in [3.63, 3.8) is 0 Å². The van der Waals surface area contributed by atoms with Gasteiger partial charge < -0.3 is 5.32 Å². The Kier molecular flexibility index (Phi) is 8.17. The fraction of sp³-hybridized carbons (Fsp3) is 0.217. The third-order valence-corrected chi connectivity index (χ3v) is 7.59. The van der Waals surface area contributed by atoms with Crippen LogP contribution in [0.15, 0.2) is 76.8 Å². The molecule has 0 fully saturated rings. The summed E-state index contributed by atoms with van der Waals surface area (Å²) in [6.45, 7) is 3.69. The van der Waals surface area contributed by atoms with Gasteiger partial charge in [0.2, 0.25) is 5.91 Å². The maximum absolute atomic E-state index is 13.4. The van der Waals surface area contributed by atoms with Gasteiger partial charge in [0.1, 0.15) is 6.54 Å². The fourth-order valence-electron chi connectivity index (χ4n) is 3.00. The summed E-state index contributed by atoms with van der Waals surface area (Å²) in [4.78, 5) is 17.0. The quantitative estimate of drug-likeness (QED) is 0.354. The highest BCUT2D eigenvalue weighted by molar-refractivity contribution is 7.99. The molecule has 9 heteroatoms. The molecule has 0 aliphatic heterocycles. The molecule has 0 bridgehead atoms. The molecule has 0 aliphatic rings. The molecular formula is C23H24ClN3O3S2. The third kappa shape index (κ3) is 6.25. The largest absolute Gasteiger partial charge is 0.354 e. The summed E-state index contributed by atoms with van der Waals surface area (Å²) in [5, 5.41) is 4.16. The standard InChI is InChI=1S/C23H24ClN3O3S2/c1-17-6-9-20(10-7-17)32(29,30)27(21-11-8-19(24)15-18(21)2)16-22(28)25-13-14-31-23-5-3-4-12-26-23/h3-12,15H,13-14,16H2,1-2H3,(H,25,28). The van der Waals surface area contributed by atoms with Crippen molar-refractivity contribution in [1.82, 2.24) is 10.3 Å². The van der Waals surface area contributed by atoms with E-state index in [0.29, 0.717) is 28.6 Å². The minimum absolute atomic E-state index is 0.121. The number of carbonyl (C=O) groups is 1. The van der Waals surface area contributed by atoms with Crippen LogP contribution < -0.4 is 9.62 Å². The van der Waals surface area contributed by atoms with Crippen molar-refractivity contribution in [2.45, 2.75) is 23.8 Å². The van der Waals surface area contributed by atoms with Gasteiger partial charge in [-0.15, -0.1) is 11.8 Å². The minimum Gasteiger partial charge on any atom is -0.354 e. The molecule has 0 saturated heterocycles. The summed E-state index contributed by atoms with van der Waals surface area (Å²) >= 11 is 7.57. The number of benzene rings is 2. The second-order valence-electron chi connectivity index (χ2n) is 7.12. The Balaban J connectivity index is 1.76. The molecule has 0 atom stereocenters. The summed E-state index contributed by atoms with van der Waals surface area (Å²) in [7, 11) is -3.96. The second-order valence-corrected chi connectivity index (χ2v) is 10.5. The first-order chi connectivity index (χ1) is 15.3. The number of sulfonamides is 1. The van der Waals surface area contributed by atoms with Gasteiger partial charge in [-0.3, -0.25) is 9.10 Å². The van der Waals surface area contributed by atoms with Gasteiger partial charge in [0.05, 0.1) is 15.6 Å². The SMILES string of the molecule is Cc1ccc(S(=O)(=O)N(CC(=O)NCCSc2ccccn2)c2ccc(Cl)cc2C)cc1. The number of aromatic nitrogens is 1. The zero-order valence-electron chi connectivity index (χ0n) is 17.8. The van der Waals surface area contributed by atoms with E-state index in [9.17, 15) is 13.2 Å². The molecular weight excluding hydrogens is 466 g/mol. The molecule has 32 heavy (non-hydrogen) atoms. The number of nitrogens with zero attached hydrogens (tertiary/aromatic N) is 2. The molecule has 6 nitrogen and oxygen atoms in total. The fourth-order valence-corrected chi connectivity index (χ4v) is 5.44. The van der Waals surface area contributed by atoms with E-state index in [2.05, 4.69) is 10.3 Å². The number of halogens is 1. The van der Waals surface area contributed by atoms with Crippen molar-refractivity contribution in [3.8, 4) is 0 Å². The van der Waals surface area contributed by atoms with Crippen LogP contribution in [0.25, 0.3) is 0 Å². The Morgan fingerprint density at radius 2 is 1.84 bits per heavy atom. The molecule has 0 saturated carbocycles. The number of pyridine rings is 1. The van der Waals surface area contributed by atoms with Crippen molar-refractivity contribution in [3.05, 3.63) is 83.0 Å². The van der Waals surface area contributed by atoms with Gasteiger partial charge in [-0.1, -0.05) is 35.4 Å². The first-order valence-corrected chi connectivity index (χ1v) is 12.7. The summed E-state index contributed by atoms with van der Waals surface area (Å²) in [5.41, 5.74) is 2.01. The van der Waals surface area contributed by atoms with Crippen LogP contribution in [-0.2, 0) is 14.8 Å². The summed E-state index contributed by atoms with van der Waals surface area (Å²) < 4.78 is 28.0. The van der Waals surface area contributed by atoms with Crippen molar-refractivity contribution in [1.29, 1.82) is 0 Å². The van der Waals surface area contributed by atoms with Gasteiger partial charge >= 0.3 is 0 Å². The Morgan fingerprint density at radius 3 is 2.50 bits per heavy atom. The highest BCUT2D eigenvalue weighted by Gasteiger charge is 2.28. The van der Waals surface area contributed by atoms with Crippen LogP contribution in [0.3, 0.4) is 0 Å². The minimum atomic E-state index is -3.96. The number of anilines is 1. The number of amides is 1. The van der Waals surface area contributed by atoms with E-state index >= 15 is 0 Å². The molecule has 0 spiro atoms. The van der Waals surface area contributed by atoms with Crippen molar-refractivity contribution in [2.24, 2.45) is 0 Å². The topological polar surface area (TPSA) is 79.4 Å². The summed E-state index contributed by atoms with van der Waals surface area (Å²) in [5.74, 6) is 0.227. The molecule has 1 aromatic heterocycles. The van der Waals surface area contributed by atoms with Crippen LogP contribution >= 0.6 is 23.4 Å².